The van der Waals surface area contributed by atoms with Gasteiger partial charge in [-0.05, 0) is 27.7 Å². The van der Waals surface area contributed by atoms with Gasteiger partial charge in [-0.1, -0.05) is 26.0 Å². The summed E-state index contributed by atoms with van der Waals surface area (Å²) in [4.78, 5) is 23.3. The first kappa shape index (κ1) is 14.1. The predicted molar refractivity (Wildman–Crippen MR) is 62.7 cm³/mol. The summed E-state index contributed by atoms with van der Waals surface area (Å²) in [5.41, 5.74) is -1.02. The lowest BCUT2D eigenvalue weighted by molar-refractivity contribution is -0.133. The zero-order valence-electron chi connectivity index (χ0n) is 10.7. The van der Waals surface area contributed by atoms with Gasteiger partial charge in [0.05, 0.1) is 0 Å². The first-order valence-electron chi connectivity index (χ1n) is 5.31. The molecule has 0 unspecified atom stereocenters. The number of rotatable bonds is 5. The van der Waals surface area contributed by atoms with Crippen molar-refractivity contribution in [3.05, 3.63) is 12.2 Å². The van der Waals surface area contributed by atoms with Gasteiger partial charge in [-0.25, -0.2) is 0 Å². The fourth-order valence-corrected chi connectivity index (χ4v) is 1.26. The molecule has 0 aromatic carbocycles. The monoisotopic (exact) mass is 210 g/mol. The highest BCUT2D eigenvalue weighted by Crippen LogP contribution is 2.29. The third kappa shape index (κ3) is 3.98. The van der Waals surface area contributed by atoms with Crippen LogP contribution in [0.4, 0.5) is 0 Å². The summed E-state index contributed by atoms with van der Waals surface area (Å²) in [6, 6.07) is 0. The van der Waals surface area contributed by atoms with Gasteiger partial charge in [0, 0.05) is 17.3 Å². The molecule has 0 atom stereocenters. The summed E-state index contributed by atoms with van der Waals surface area (Å²) >= 11 is 0. The Morgan fingerprint density at radius 2 is 1.60 bits per heavy atom. The van der Waals surface area contributed by atoms with Crippen molar-refractivity contribution in [1.29, 1.82) is 0 Å². The molecule has 2 nitrogen and oxygen atoms in total. The molecule has 0 N–H and O–H groups in total. The smallest absolute Gasteiger partial charge is 0.143 e. The summed E-state index contributed by atoms with van der Waals surface area (Å²) in [6.45, 7) is 10.8. The third-order valence-electron chi connectivity index (χ3n) is 2.86. The van der Waals surface area contributed by atoms with E-state index in [-0.39, 0.29) is 11.6 Å². The molecule has 0 spiro atoms. The van der Waals surface area contributed by atoms with Crippen LogP contribution in [0.15, 0.2) is 12.2 Å². The number of allylic oxidation sites excluding steroid dienone is 2. The fourth-order valence-electron chi connectivity index (χ4n) is 1.26. The van der Waals surface area contributed by atoms with Crippen LogP contribution >= 0.6 is 0 Å². The van der Waals surface area contributed by atoms with Crippen molar-refractivity contribution < 1.29 is 9.59 Å². The molecule has 0 rings (SSSR count). The topological polar surface area (TPSA) is 34.1 Å². The van der Waals surface area contributed by atoms with Crippen molar-refractivity contribution in [3.8, 4) is 0 Å². The van der Waals surface area contributed by atoms with E-state index in [0.29, 0.717) is 6.42 Å². The maximum absolute atomic E-state index is 12.0. The van der Waals surface area contributed by atoms with Gasteiger partial charge >= 0.3 is 0 Å². The number of hydrogen-bond acceptors (Lipinski definition) is 2. The molecule has 0 saturated carbocycles. The molecule has 0 aromatic heterocycles. The number of ketones is 2. The van der Waals surface area contributed by atoms with Crippen LogP contribution in [-0.4, -0.2) is 11.6 Å². The van der Waals surface area contributed by atoms with Gasteiger partial charge in [-0.2, -0.15) is 0 Å². The highest BCUT2D eigenvalue weighted by atomic mass is 16.1. The van der Waals surface area contributed by atoms with Gasteiger partial charge in [0.1, 0.15) is 11.6 Å². The van der Waals surface area contributed by atoms with Crippen molar-refractivity contribution in [3.63, 3.8) is 0 Å². The van der Waals surface area contributed by atoms with E-state index in [2.05, 4.69) is 0 Å². The molecule has 2 heteroatoms. The Kier molecular flexibility index (Phi) is 4.44. The number of hydrogen-bond donors (Lipinski definition) is 0. The Morgan fingerprint density at radius 3 is 1.93 bits per heavy atom. The standard InChI is InChI=1S/C13H22O2/c1-7-8-12(3,4)11(15)9-13(5,6)10(2)14/h7-8H,9H2,1-6H3/b8-7+. The Labute approximate surface area is 92.8 Å². The molecule has 0 saturated heterocycles. The first-order chi connectivity index (χ1) is 6.63. The molecule has 0 bridgehead atoms. The van der Waals surface area contributed by atoms with E-state index in [9.17, 15) is 9.59 Å². The number of carbonyl (C=O) groups excluding carboxylic acids is 2. The molecular weight excluding hydrogens is 188 g/mol. The number of carbonyl (C=O) groups is 2. The van der Waals surface area contributed by atoms with Crippen LogP contribution in [0.2, 0.25) is 0 Å². The van der Waals surface area contributed by atoms with Gasteiger partial charge in [0.25, 0.3) is 0 Å². The average Bonchev–Trinajstić information content (AvgIpc) is 2.02. The van der Waals surface area contributed by atoms with Crippen molar-refractivity contribution in [2.45, 2.75) is 48.0 Å². The molecule has 0 fully saturated rings. The zero-order valence-corrected chi connectivity index (χ0v) is 10.7. The Balaban J connectivity index is 4.71. The lowest BCUT2D eigenvalue weighted by atomic mass is 9.76. The SMILES string of the molecule is C/C=C/C(C)(C)C(=O)CC(C)(C)C(C)=O. The average molecular weight is 210 g/mol. The second-order valence-corrected chi connectivity index (χ2v) is 5.26. The van der Waals surface area contributed by atoms with Crippen molar-refractivity contribution in [2.75, 3.05) is 0 Å². The molecule has 0 heterocycles. The Hall–Kier alpha value is -0.920. The molecule has 0 aliphatic rings. The van der Waals surface area contributed by atoms with E-state index >= 15 is 0 Å². The first-order valence-corrected chi connectivity index (χ1v) is 5.31. The molecule has 0 aliphatic heterocycles. The van der Waals surface area contributed by atoms with Gasteiger partial charge in [0.2, 0.25) is 0 Å². The van der Waals surface area contributed by atoms with Crippen LogP contribution < -0.4 is 0 Å². The second kappa shape index (κ2) is 4.73. The van der Waals surface area contributed by atoms with Gasteiger partial charge < -0.3 is 0 Å². The minimum absolute atomic E-state index is 0.0622. The summed E-state index contributed by atoms with van der Waals surface area (Å²) in [6.07, 6.45) is 4.06. The zero-order chi connectivity index (χ0) is 12.3. The minimum Gasteiger partial charge on any atom is -0.299 e. The fraction of sp³-hybridized carbons (Fsp3) is 0.692. The predicted octanol–water partition coefficient (Wildman–Crippen LogP) is 3.16. The van der Waals surface area contributed by atoms with Gasteiger partial charge in [-0.3, -0.25) is 9.59 Å². The summed E-state index contributed by atoms with van der Waals surface area (Å²) in [5.74, 6) is 0.174. The normalized spacial score (nSPS) is 13.2. The van der Waals surface area contributed by atoms with E-state index in [1.54, 1.807) is 0 Å². The van der Waals surface area contributed by atoms with E-state index < -0.39 is 10.8 Å². The van der Waals surface area contributed by atoms with Crippen LogP contribution in [0.3, 0.4) is 0 Å². The Morgan fingerprint density at radius 1 is 1.13 bits per heavy atom. The molecule has 15 heavy (non-hydrogen) atoms. The van der Waals surface area contributed by atoms with Crippen molar-refractivity contribution in [1.82, 2.24) is 0 Å². The van der Waals surface area contributed by atoms with Crippen LogP contribution in [0, 0.1) is 10.8 Å². The highest BCUT2D eigenvalue weighted by molar-refractivity contribution is 5.92. The van der Waals surface area contributed by atoms with E-state index in [1.807, 2.05) is 46.8 Å². The van der Waals surface area contributed by atoms with Crippen LogP contribution in [0.1, 0.15) is 48.0 Å². The Bertz CT molecular complexity index is 283. The summed E-state index contributed by atoms with van der Waals surface area (Å²) in [7, 11) is 0. The quantitative estimate of drug-likeness (QED) is 0.653. The highest BCUT2D eigenvalue weighted by Gasteiger charge is 2.33. The molecule has 0 aliphatic carbocycles. The molecule has 86 valence electrons. The molecular formula is C13H22O2. The second-order valence-electron chi connectivity index (χ2n) is 5.26. The lowest BCUT2D eigenvalue weighted by Gasteiger charge is -2.26. The summed E-state index contributed by atoms with van der Waals surface area (Å²) in [5, 5.41) is 0. The van der Waals surface area contributed by atoms with E-state index in [0.717, 1.165) is 0 Å². The third-order valence-corrected chi connectivity index (χ3v) is 2.86. The molecule has 0 amide bonds. The minimum atomic E-state index is -0.546. The molecule has 0 radical (unpaired) electrons. The van der Waals surface area contributed by atoms with Gasteiger partial charge in [-0.15, -0.1) is 0 Å². The summed E-state index contributed by atoms with van der Waals surface area (Å²) < 4.78 is 0. The van der Waals surface area contributed by atoms with E-state index in [1.165, 1.54) is 6.92 Å². The maximum Gasteiger partial charge on any atom is 0.143 e. The number of Topliss-reactive ketones (excluding diaryl/α,β-unsaturated/α-hetero) is 2. The largest absolute Gasteiger partial charge is 0.299 e. The van der Waals surface area contributed by atoms with Gasteiger partial charge in [0.15, 0.2) is 0 Å². The van der Waals surface area contributed by atoms with Crippen LogP contribution in [0.5, 0.6) is 0 Å². The maximum atomic E-state index is 12.0. The van der Waals surface area contributed by atoms with Crippen LogP contribution in [0.25, 0.3) is 0 Å². The van der Waals surface area contributed by atoms with Crippen molar-refractivity contribution in [2.24, 2.45) is 10.8 Å². The van der Waals surface area contributed by atoms with Crippen molar-refractivity contribution >= 4 is 11.6 Å². The van der Waals surface area contributed by atoms with E-state index in [4.69, 9.17) is 0 Å². The van der Waals surface area contributed by atoms with Crippen LogP contribution in [-0.2, 0) is 9.59 Å². The molecule has 0 aromatic rings. The lowest BCUT2D eigenvalue weighted by Crippen LogP contribution is -2.31.